The standard InChI is InChI=1S/C13H19FN2O2/c1-13(15-2,12(17)18-4)9-16(3)11-7-5-6-10(14)8-11/h5-8,15H,9H2,1-4H3. The van der Waals surface area contributed by atoms with Gasteiger partial charge in [-0.15, -0.1) is 0 Å². The highest BCUT2D eigenvalue weighted by Gasteiger charge is 2.34. The van der Waals surface area contributed by atoms with Crippen LogP contribution in [0.25, 0.3) is 0 Å². The first-order chi connectivity index (χ1) is 8.42. The summed E-state index contributed by atoms with van der Waals surface area (Å²) in [6, 6.07) is 6.23. The van der Waals surface area contributed by atoms with Crippen LogP contribution < -0.4 is 10.2 Å². The van der Waals surface area contributed by atoms with Crippen LogP contribution in [0.5, 0.6) is 0 Å². The van der Waals surface area contributed by atoms with Crippen LogP contribution in [0.2, 0.25) is 0 Å². The number of likely N-dealkylation sites (N-methyl/N-ethyl adjacent to an activating group) is 2. The van der Waals surface area contributed by atoms with Gasteiger partial charge >= 0.3 is 5.97 Å². The van der Waals surface area contributed by atoms with E-state index in [1.54, 1.807) is 38.1 Å². The summed E-state index contributed by atoms with van der Waals surface area (Å²) in [5.41, 5.74) is -0.129. The Bertz CT molecular complexity index is 425. The highest BCUT2D eigenvalue weighted by molar-refractivity contribution is 5.81. The van der Waals surface area contributed by atoms with Gasteiger partial charge in [0, 0.05) is 19.3 Å². The van der Waals surface area contributed by atoms with Gasteiger partial charge in [-0.2, -0.15) is 0 Å². The molecule has 4 nitrogen and oxygen atoms in total. The van der Waals surface area contributed by atoms with Crippen LogP contribution >= 0.6 is 0 Å². The van der Waals surface area contributed by atoms with Crippen molar-refractivity contribution in [1.82, 2.24) is 5.32 Å². The minimum absolute atomic E-state index is 0.302. The number of rotatable bonds is 5. The number of anilines is 1. The van der Waals surface area contributed by atoms with E-state index >= 15 is 0 Å². The van der Waals surface area contributed by atoms with Crippen molar-refractivity contribution < 1.29 is 13.9 Å². The summed E-state index contributed by atoms with van der Waals surface area (Å²) < 4.78 is 17.9. The zero-order chi connectivity index (χ0) is 13.8. The molecule has 0 saturated heterocycles. The molecule has 100 valence electrons. The highest BCUT2D eigenvalue weighted by Crippen LogP contribution is 2.17. The Balaban J connectivity index is 2.85. The second-order valence-corrected chi connectivity index (χ2v) is 4.41. The molecule has 0 radical (unpaired) electrons. The Morgan fingerprint density at radius 1 is 1.56 bits per heavy atom. The molecule has 1 aromatic carbocycles. The van der Waals surface area contributed by atoms with E-state index in [0.29, 0.717) is 12.2 Å². The maximum atomic E-state index is 13.1. The van der Waals surface area contributed by atoms with Crippen LogP contribution in [0.1, 0.15) is 6.92 Å². The number of nitrogens with zero attached hydrogens (tertiary/aromatic N) is 1. The summed E-state index contributed by atoms with van der Waals surface area (Å²) in [7, 11) is 4.84. The Kier molecular flexibility index (Phi) is 4.67. The molecule has 0 spiro atoms. The quantitative estimate of drug-likeness (QED) is 0.807. The Morgan fingerprint density at radius 2 is 2.22 bits per heavy atom. The molecule has 1 unspecified atom stereocenters. The smallest absolute Gasteiger partial charge is 0.327 e. The summed E-state index contributed by atoms with van der Waals surface area (Å²) in [5.74, 6) is -0.656. The third kappa shape index (κ3) is 3.20. The first-order valence-electron chi connectivity index (χ1n) is 5.67. The van der Waals surface area contributed by atoms with Crippen LogP contribution in [0.4, 0.5) is 10.1 Å². The molecule has 0 aliphatic heterocycles. The lowest BCUT2D eigenvalue weighted by molar-refractivity contribution is -0.147. The van der Waals surface area contributed by atoms with Crippen LogP contribution in [0, 0.1) is 5.82 Å². The maximum absolute atomic E-state index is 13.1. The van der Waals surface area contributed by atoms with Gasteiger partial charge < -0.3 is 15.0 Å². The highest BCUT2D eigenvalue weighted by atomic mass is 19.1. The lowest BCUT2D eigenvalue weighted by Gasteiger charge is -2.32. The average Bonchev–Trinajstić information content (AvgIpc) is 2.37. The molecule has 0 amide bonds. The number of carbonyl (C=O) groups excluding carboxylic acids is 1. The molecule has 18 heavy (non-hydrogen) atoms. The van der Waals surface area contributed by atoms with Crippen LogP contribution in [-0.2, 0) is 9.53 Å². The number of hydrogen-bond donors (Lipinski definition) is 1. The first kappa shape index (κ1) is 14.4. The van der Waals surface area contributed by atoms with Crippen molar-refractivity contribution in [2.75, 3.05) is 32.6 Å². The van der Waals surface area contributed by atoms with Gasteiger partial charge in [0.15, 0.2) is 0 Å². The van der Waals surface area contributed by atoms with Gasteiger partial charge in [-0.1, -0.05) is 6.07 Å². The Labute approximate surface area is 107 Å². The number of carbonyl (C=O) groups is 1. The molecule has 0 heterocycles. The van der Waals surface area contributed by atoms with Gasteiger partial charge in [-0.25, -0.2) is 9.18 Å². The van der Waals surface area contributed by atoms with Gasteiger partial charge in [0.05, 0.1) is 7.11 Å². The number of ether oxygens (including phenoxy) is 1. The molecule has 0 aromatic heterocycles. The lowest BCUT2D eigenvalue weighted by Crippen LogP contribution is -2.55. The average molecular weight is 254 g/mol. The summed E-state index contributed by atoms with van der Waals surface area (Å²) in [6.45, 7) is 2.12. The van der Waals surface area contributed by atoms with E-state index in [-0.39, 0.29) is 11.8 Å². The molecule has 1 N–H and O–H groups in total. The molecule has 0 fully saturated rings. The van der Waals surface area contributed by atoms with Gasteiger partial charge in [-0.3, -0.25) is 0 Å². The predicted molar refractivity (Wildman–Crippen MR) is 69.2 cm³/mol. The molecular formula is C13H19FN2O2. The fourth-order valence-corrected chi connectivity index (χ4v) is 1.75. The molecule has 0 aliphatic carbocycles. The largest absolute Gasteiger partial charge is 0.468 e. The van der Waals surface area contributed by atoms with Crippen molar-refractivity contribution in [2.24, 2.45) is 0 Å². The van der Waals surface area contributed by atoms with Crippen LogP contribution in [0.15, 0.2) is 24.3 Å². The van der Waals surface area contributed by atoms with Crippen molar-refractivity contribution in [3.8, 4) is 0 Å². The van der Waals surface area contributed by atoms with E-state index < -0.39 is 5.54 Å². The molecule has 0 saturated carbocycles. The fourth-order valence-electron chi connectivity index (χ4n) is 1.75. The zero-order valence-electron chi connectivity index (χ0n) is 11.2. The van der Waals surface area contributed by atoms with E-state index in [1.807, 2.05) is 0 Å². The summed E-state index contributed by atoms with van der Waals surface area (Å²) in [4.78, 5) is 13.5. The number of nitrogens with one attached hydrogen (secondary N) is 1. The number of hydrogen-bond acceptors (Lipinski definition) is 4. The van der Waals surface area contributed by atoms with Gasteiger partial charge in [0.2, 0.25) is 0 Å². The normalized spacial score (nSPS) is 13.8. The minimum Gasteiger partial charge on any atom is -0.468 e. The van der Waals surface area contributed by atoms with E-state index in [1.165, 1.54) is 19.2 Å². The molecule has 1 rings (SSSR count). The van der Waals surface area contributed by atoms with Crippen molar-refractivity contribution >= 4 is 11.7 Å². The third-order valence-corrected chi connectivity index (χ3v) is 2.99. The van der Waals surface area contributed by atoms with E-state index in [0.717, 1.165) is 0 Å². The lowest BCUT2D eigenvalue weighted by atomic mass is 10.0. The summed E-state index contributed by atoms with van der Waals surface area (Å²) in [5, 5.41) is 2.93. The number of halogens is 1. The molecule has 0 bridgehead atoms. The van der Waals surface area contributed by atoms with Crippen molar-refractivity contribution in [2.45, 2.75) is 12.5 Å². The molecule has 0 aliphatic rings. The van der Waals surface area contributed by atoms with Crippen molar-refractivity contribution in [3.05, 3.63) is 30.1 Å². The van der Waals surface area contributed by atoms with Crippen LogP contribution in [-0.4, -0.2) is 39.3 Å². The fraction of sp³-hybridized carbons (Fsp3) is 0.462. The predicted octanol–water partition coefficient (Wildman–Crippen LogP) is 1.41. The number of benzene rings is 1. The minimum atomic E-state index is -0.837. The Hall–Kier alpha value is -1.62. The first-order valence-corrected chi connectivity index (χ1v) is 5.67. The number of methoxy groups -OCH3 is 1. The second-order valence-electron chi connectivity index (χ2n) is 4.41. The Morgan fingerprint density at radius 3 is 2.72 bits per heavy atom. The van der Waals surface area contributed by atoms with Gasteiger partial charge in [0.25, 0.3) is 0 Å². The molecule has 5 heteroatoms. The molecular weight excluding hydrogens is 235 g/mol. The van der Waals surface area contributed by atoms with E-state index in [2.05, 4.69) is 5.32 Å². The molecule has 1 atom stereocenters. The summed E-state index contributed by atoms with van der Waals surface area (Å²) in [6.07, 6.45) is 0. The number of esters is 1. The molecule has 1 aromatic rings. The van der Waals surface area contributed by atoms with Crippen LogP contribution in [0.3, 0.4) is 0 Å². The monoisotopic (exact) mass is 254 g/mol. The third-order valence-electron chi connectivity index (χ3n) is 2.99. The maximum Gasteiger partial charge on any atom is 0.327 e. The van der Waals surface area contributed by atoms with Gasteiger partial charge in [-0.05, 0) is 32.2 Å². The summed E-state index contributed by atoms with van der Waals surface area (Å²) >= 11 is 0. The second kappa shape index (κ2) is 5.82. The zero-order valence-corrected chi connectivity index (χ0v) is 11.2. The van der Waals surface area contributed by atoms with Gasteiger partial charge in [0.1, 0.15) is 11.4 Å². The topological polar surface area (TPSA) is 41.6 Å². The van der Waals surface area contributed by atoms with Crippen molar-refractivity contribution in [1.29, 1.82) is 0 Å². The van der Waals surface area contributed by atoms with Crippen molar-refractivity contribution in [3.63, 3.8) is 0 Å². The van der Waals surface area contributed by atoms with E-state index in [9.17, 15) is 9.18 Å². The SMILES string of the molecule is CNC(C)(CN(C)c1cccc(F)c1)C(=O)OC. The van der Waals surface area contributed by atoms with E-state index in [4.69, 9.17) is 4.74 Å².